The molecule has 1 atom stereocenters. The molecule has 0 bridgehead atoms. The SMILES string of the molecule is CCc1ccc(C(NC(=O)c2ccc(F)cc2Br)c2cccc(F)c2)cc1. The summed E-state index contributed by atoms with van der Waals surface area (Å²) in [7, 11) is 0. The summed E-state index contributed by atoms with van der Waals surface area (Å²) in [6, 6.07) is 17.3. The van der Waals surface area contributed by atoms with E-state index in [0.29, 0.717) is 15.6 Å². The molecule has 138 valence electrons. The Balaban J connectivity index is 1.97. The van der Waals surface area contributed by atoms with E-state index >= 15 is 0 Å². The first-order valence-corrected chi connectivity index (χ1v) is 9.37. The van der Waals surface area contributed by atoms with Crippen LogP contribution in [-0.2, 0) is 6.42 Å². The molecule has 1 amide bonds. The lowest BCUT2D eigenvalue weighted by atomic mass is 9.96. The molecule has 3 aromatic rings. The zero-order valence-corrected chi connectivity index (χ0v) is 16.3. The molecule has 0 aliphatic carbocycles. The van der Waals surface area contributed by atoms with E-state index in [4.69, 9.17) is 0 Å². The van der Waals surface area contributed by atoms with Crippen LogP contribution in [0.3, 0.4) is 0 Å². The zero-order chi connectivity index (χ0) is 19.4. The number of carbonyl (C=O) groups is 1. The van der Waals surface area contributed by atoms with Gasteiger partial charge in [-0.05, 0) is 69.4 Å². The zero-order valence-electron chi connectivity index (χ0n) is 14.7. The summed E-state index contributed by atoms with van der Waals surface area (Å²) < 4.78 is 27.4. The third-order valence-electron chi connectivity index (χ3n) is 4.35. The molecule has 27 heavy (non-hydrogen) atoms. The predicted molar refractivity (Wildman–Crippen MR) is 106 cm³/mol. The van der Waals surface area contributed by atoms with Crippen molar-refractivity contribution in [3.05, 3.63) is 105 Å². The smallest absolute Gasteiger partial charge is 0.253 e. The Morgan fingerprint density at radius 3 is 2.30 bits per heavy atom. The van der Waals surface area contributed by atoms with E-state index in [1.165, 1.54) is 35.9 Å². The van der Waals surface area contributed by atoms with Crippen molar-refractivity contribution >= 4 is 21.8 Å². The van der Waals surface area contributed by atoms with Gasteiger partial charge < -0.3 is 5.32 Å². The van der Waals surface area contributed by atoms with Crippen LogP contribution in [0.5, 0.6) is 0 Å². The molecule has 0 aliphatic rings. The van der Waals surface area contributed by atoms with Gasteiger partial charge in [0.05, 0.1) is 11.6 Å². The van der Waals surface area contributed by atoms with E-state index in [2.05, 4.69) is 28.2 Å². The first-order chi connectivity index (χ1) is 13.0. The highest BCUT2D eigenvalue weighted by molar-refractivity contribution is 9.10. The van der Waals surface area contributed by atoms with Crippen LogP contribution in [0.1, 0.15) is 40.0 Å². The van der Waals surface area contributed by atoms with Crippen molar-refractivity contribution in [2.75, 3.05) is 0 Å². The third-order valence-corrected chi connectivity index (χ3v) is 5.01. The largest absolute Gasteiger partial charge is 0.341 e. The molecule has 0 aliphatic heterocycles. The van der Waals surface area contributed by atoms with Crippen LogP contribution in [0.15, 0.2) is 71.2 Å². The summed E-state index contributed by atoms with van der Waals surface area (Å²) in [6.45, 7) is 2.06. The minimum absolute atomic E-state index is 0.308. The minimum Gasteiger partial charge on any atom is -0.341 e. The lowest BCUT2D eigenvalue weighted by molar-refractivity contribution is 0.0942. The number of carbonyl (C=O) groups excluding carboxylic acids is 1. The maximum absolute atomic E-state index is 13.8. The monoisotopic (exact) mass is 429 g/mol. The van der Waals surface area contributed by atoms with E-state index in [9.17, 15) is 13.6 Å². The first-order valence-electron chi connectivity index (χ1n) is 8.58. The maximum Gasteiger partial charge on any atom is 0.253 e. The van der Waals surface area contributed by atoms with Crippen LogP contribution in [0, 0.1) is 11.6 Å². The quantitative estimate of drug-likeness (QED) is 0.544. The van der Waals surface area contributed by atoms with Gasteiger partial charge in [-0.1, -0.05) is 43.3 Å². The summed E-state index contributed by atoms with van der Waals surface area (Å²) in [4.78, 5) is 12.8. The molecule has 1 N–H and O–H groups in total. The van der Waals surface area contributed by atoms with Gasteiger partial charge in [0.15, 0.2) is 0 Å². The topological polar surface area (TPSA) is 29.1 Å². The number of aryl methyl sites for hydroxylation is 1. The van der Waals surface area contributed by atoms with Crippen LogP contribution in [-0.4, -0.2) is 5.91 Å². The summed E-state index contributed by atoms with van der Waals surface area (Å²) in [5.41, 5.74) is 2.95. The second kappa shape index (κ2) is 8.44. The molecule has 1 unspecified atom stereocenters. The van der Waals surface area contributed by atoms with Gasteiger partial charge in [-0.2, -0.15) is 0 Å². The van der Waals surface area contributed by atoms with Gasteiger partial charge in [0.25, 0.3) is 5.91 Å². The maximum atomic E-state index is 13.8. The fraction of sp³-hybridized carbons (Fsp3) is 0.136. The average molecular weight is 430 g/mol. The molecule has 0 fully saturated rings. The third kappa shape index (κ3) is 4.61. The van der Waals surface area contributed by atoms with Gasteiger partial charge in [-0.25, -0.2) is 8.78 Å². The Morgan fingerprint density at radius 2 is 1.67 bits per heavy atom. The highest BCUT2D eigenvalue weighted by Gasteiger charge is 2.20. The molecule has 0 spiro atoms. The van der Waals surface area contributed by atoms with Crippen LogP contribution < -0.4 is 5.32 Å². The summed E-state index contributed by atoms with van der Waals surface area (Å²) >= 11 is 3.22. The number of benzene rings is 3. The van der Waals surface area contributed by atoms with Crippen molar-refractivity contribution in [2.24, 2.45) is 0 Å². The molecule has 3 aromatic carbocycles. The van der Waals surface area contributed by atoms with Crippen molar-refractivity contribution in [3.63, 3.8) is 0 Å². The second-order valence-corrected chi connectivity index (χ2v) is 7.04. The van der Waals surface area contributed by atoms with Crippen molar-refractivity contribution in [2.45, 2.75) is 19.4 Å². The van der Waals surface area contributed by atoms with Crippen LogP contribution in [0.2, 0.25) is 0 Å². The van der Waals surface area contributed by atoms with Gasteiger partial charge in [0, 0.05) is 4.47 Å². The highest BCUT2D eigenvalue weighted by atomic mass is 79.9. The molecule has 0 saturated heterocycles. The standard InChI is InChI=1S/C22H18BrF2NO/c1-2-14-6-8-15(9-7-14)21(16-4-3-5-17(24)12-16)26-22(27)19-11-10-18(25)13-20(19)23/h3-13,21H,2H2,1H3,(H,26,27). The second-order valence-electron chi connectivity index (χ2n) is 6.18. The van der Waals surface area contributed by atoms with Crippen molar-refractivity contribution < 1.29 is 13.6 Å². The lowest BCUT2D eigenvalue weighted by Gasteiger charge is -2.21. The fourth-order valence-electron chi connectivity index (χ4n) is 2.87. The van der Waals surface area contributed by atoms with E-state index in [0.717, 1.165) is 12.0 Å². The number of hydrogen-bond acceptors (Lipinski definition) is 1. The van der Waals surface area contributed by atoms with Crippen molar-refractivity contribution in [1.82, 2.24) is 5.32 Å². The Kier molecular flexibility index (Phi) is 6.01. The summed E-state index contributed by atoms with van der Waals surface area (Å²) in [5, 5.41) is 2.93. The average Bonchev–Trinajstić information content (AvgIpc) is 2.66. The van der Waals surface area contributed by atoms with Gasteiger partial charge >= 0.3 is 0 Å². The summed E-state index contributed by atoms with van der Waals surface area (Å²) in [6.07, 6.45) is 0.903. The Bertz CT molecular complexity index is 957. The van der Waals surface area contributed by atoms with E-state index in [-0.39, 0.29) is 11.7 Å². The Labute approximate surface area is 165 Å². The molecule has 3 rings (SSSR count). The van der Waals surface area contributed by atoms with Crippen LogP contribution in [0.25, 0.3) is 0 Å². The van der Waals surface area contributed by atoms with Gasteiger partial charge in [-0.3, -0.25) is 4.79 Å². The van der Waals surface area contributed by atoms with Gasteiger partial charge in [-0.15, -0.1) is 0 Å². The minimum atomic E-state index is -0.531. The lowest BCUT2D eigenvalue weighted by Crippen LogP contribution is -2.29. The molecule has 2 nitrogen and oxygen atoms in total. The molecular weight excluding hydrogens is 412 g/mol. The molecule has 0 aromatic heterocycles. The Hall–Kier alpha value is -2.53. The van der Waals surface area contributed by atoms with E-state index < -0.39 is 11.9 Å². The first kappa shape index (κ1) is 19.2. The number of rotatable bonds is 5. The normalized spacial score (nSPS) is 11.9. The molecule has 0 saturated carbocycles. The van der Waals surface area contributed by atoms with E-state index in [1.807, 2.05) is 24.3 Å². The van der Waals surface area contributed by atoms with Crippen LogP contribution >= 0.6 is 15.9 Å². The number of hydrogen-bond donors (Lipinski definition) is 1. The molecule has 0 heterocycles. The molecular formula is C22H18BrF2NO. The Morgan fingerprint density at radius 1 is 0.963 bits per heavy atom. The van der Waals surface area contributed by atoms with Crippen LogP contribution in [0.4, 0.5) is 8.78 Å². The number of nitrogens with one attached hydrogen (secondary N) is 1. The fourth-order valence-corrected chi connectivity index (χ4v) is 3.40. The highest BCUT2D eigenvalue weighted by Crippen LogP contribution is 2.25. The number of amides is 1. The van der Waals surface area contributed by atoms with Gasteiger partial charge in [0.2, 0.25) is 0 Å². The van der Waals surface area contributed by atoms with Crippen molar-refractivity contribution in [3.8, 4) is 0 Å². The van der Waals surface area contributed by atoms with Crippen molar-refractivity contribution in [1.29, 1.82) is 0 Å². The van der Waals surface area contributed by atoms with Gasteiger partial charge in [0.1, 0.15) is 11.6 Å². The predicted octanol–water partition coefficient (Wildman–Crippen LogP) is 5.81. The summed E-state index contributed by atoms with van der Waals surface area (Å²) in [5.74, 6) is -1.19. The molecule has 5 heteroatoms. The van der Waals surface area contributed by atoms with E-state index in [1.54, 1.807) is 12.1 Å². The number of halogens is 3. The molecule has 0 radical (unpaired) electrons.